The zero-order valence-corrected chi connectivity index (χ0v) is 17.9. The van der Waals surface area contributed by atoms with Crippen molar-refractivity contribution in [2.24, 2.45) is 0 Å². The Morgan fingerprint density at radius 1 is 1.10 bits per heavy atom. The highest BCUT2D eigenvalue weighted by atomic mass is 16.2. The molecule has 7 heteroatoms. The van der Waals surface area contributed by atoms with Crippen LogP contribution in [0.5, 0.6) is 0 Å². The van der Waals surface area contributed by atoms with Crippen LogP contribution in [0.3, 0.4) is 0 Å². The quantitative estimate of drug-likeness (QED) is 0.685. The number of hydrogen-bond donors (Lipinski definition) is 2. The van der Waals surface area contributed by atoms with Crippen molar-refractivity contribution in [3.8, 4) is 0 Å². The maximum atomic E-state index is 13.4. The molecule has 2 aromatic carbocycles. The number of rotatable bonds is 3. The largest absolute Gasteiger partial charge is 0.362 e. The molecular formula is C24H27N5O2. The van der Waals surface area contributed by atoms with Gasteiger partial charge in [0.05, 0.1) is 16.6 Å². The van der Waals surface area contributed by atoms with Crippen LogP contribution in [0.2, 0.25) is 0 Å². The van der Waals surface area contributed by atoms with Crippen LogP contribution < -0.4 is 10.6 Å². The molecule has 0 saturated carbocycles. The Morgan fingerprint density at radius 2 is 1.81 bits per heavy atom. The molecule has 2 aliphatic rings. The Bertz CT molecular complexity index is 1160. The second kappa shape index (κ2) is 7.41. The van der Waals surface area contributed by atoms with E-state index >= 15 is 0 Å². The molecule has 3 heterocycles. The van der Waals surface area contributed by atoms with E-state index in [9.17, 15) is 9.59 Å². The summed E-state index contributed by atoms with van der Waals surface area (Å²) >= 11 is 0. The zero-order valence-electron chi connectivity index (χ0n) is 17.9. The summed E-state index contributed by atoms with van der Waals surface area (Å²) in [6.07, 6.45) is 2.10. The summed E-state index contributed by atoms with van der Waals surface area (Å²) < 4.78 is 2.07. The summed E-state index contributed by atoms with van der Waals surface area (Å²) in [6.45, 7) is 5.20. The minimum atomic E-state index is -0.498. The van der Waals surface area contributed by atoms with Crippen LogP contribution in [0, 0.1) is 0 Å². The number of benzene rings is 2. The lowest BCUT2D eigenvalue weighted by Gasteiger charge is -2.46. The molecule has 5 rings (SSSR count). The van der Waals surface area contributed by atoms with Crippen LogP contribution in [-0.2, 0) is 11.2 Å². The number of anilines is 1. The number of aryl methyl sites for hydroxylation is 1. The Kier molecular flexibility index (Phi) is 4.68. The molecule has 1 saturated heterocycles. The third-order valence-electron chi connectivity index (χ3n) is 6.56. The molecule has 2 aliphatic heterocycles. The van der Waals surface area contributed by atoms with Crippen molar-refractivity contribution >= 4 is 28.5 Å². The van der Waals surface area contributed by atoms with Crippen molar-refractivity contribution in [2.45, 2.75) is 44.8 Å². The predicted octanol–water partition coefficient (Wildman–Crippen LogP) is 3.33. The molecule has 0 unspecified atom stereocenters. The molecule has 0 radical (unpaired) electrons. The van der Waals surface area contributed by atoms with Gasteiger partial charge in [-0.15, -0.1) is 0 Å². The third-order valence-corrected chi connectivity index (χ3v) is 6.56. The van der Waals surface area contributed by atoms with Gasteiger partial charge < -0.3 is 20.1 Å². The van der Waals surface area contributed by atoms with Crippen LogP contribution >= 0.6 is 0 Å². The average Bonchev–Trinajstić information content (AvgIpc) is 3.17. The van der Waals surface area contributed by atoms with Gasteiger partial charge in [0.15, 0.2) is 0 Å². The first-order valence-corrected chi connectivity index (χ1v) is 11.0. The second-order valence-electron chi connectivity index (χ2n) is 8.45. The first-order chi connectivity index (χ1) is 15.0. The summed E-state index contributed by atoms with van der Waals surface area (Å²) in [5.41, 5.74) is 2.94. The Morgan fingerprint density at radius 3 is 2.58 bits per heavy atom. The average molecular weight is 418 g/mol. The van der Waals surface area contributed by atoms with Gasteiger partial charge in [0.1, 0.15) is 17.5 Å². The number of fused-ring (bicyclic) bond motifs is 2. The predicted molar refractivity (Wildman–Crippen MR) is 120 cm³/mol. The van der Waals surface area contributed by atoms with E-state index in [1.54, 1.807) is 0 Å². The van der Waals surface area contributed by atoms with Gasteiger partial charge in [0.25, 0.3) is 5.91 Å². The van der Waals surface area contributed by atoms with Gasteiger partial charge in [-0.2, -0.15) is 0 Å². The lowest BCUT2D eigenvalue weighted by Crippen LogP contribution is -2.63. The van der Waals surface area contributed by atoms with Crippen molar-refractivity contribution in [3.63, 3.8) is 0 Å². The van der Waals surface area contributed by atoms with Crippen LogP contribution in [0.15, 0.2) is 48.5 Å². The van der Waals surface area contributed by atoms with E-state index in [2.05, 4.69) is 22.1 Å². The highest BCUT2D eigenvalue weighted by Gasteiger charge is 2.41. The van der Waals surface area contributed by atoms with Crippen molar-refractivity contribution in [1.82, 2.24) is 19.8 Å². The molecule has 3 aromatic rings. The molecular weight excluding hydrogens is 390 g/mol. The molecule has 2 amide bonds. The number of piperidine rings is 1. The monoisotopic (exact) mass is 417 g/mol. The molecule has 2 N–H and O–H groups in total. The van der Waals surface area contributed by atoms with Gasteiger partial charge in [-0.3, -0.25) is 9.59 Å². The number of aromatic nitrogens is 2. The summed E-state index contributed by atoms with van der Waals surface area (Å²) in [6, 6.07) is 15.2. The smallest absolute Gasteiger partial charge is 0.255 e. The summed E-state index contributed by atoms with van der Waals surface area (Å²) in [5, 5.41) is 6.66. The highest BCUT2D eigenvalue weighted by Crippen LogP contribution is 2.32. The second-order valence-corrected chi connectivity index (χ2v) is 8.45. The molecule has 7 nitrogen and oxygen atoms in total. The van der Waals surface area contributed by atoms with Crippen molar-refractivity contribution in [3.05, 3.63) is 59.9 Å². The number of amides is 2. The normalized spacial score (nSPS) is 18.4. The maximum Gasteiger partial charge on any atom is 0.255 e. The fourth-order valence-corrected chi connectivity index (χ4v) is 4.87. The van der Waals surface area contributed by atoms with Crippen molar-refractivity contribution in [1.29, 1.82) is 0 Å². The van der Waals surface area contributed by atoms with E-state index in [-0.39, 0.29) is 17.9 Å². The fraction of sp³-hybridized carbons (Fsp3) is 0.375. The number of para-hydroxylation sites is 3. The van der Waals surface area contributed by atoms with E-state index in [0.717, 1.165) is 29.0 Å². The summed E-state index contributed by atoms with van der Waals surface area (Å²) in [4.78, 5) is 32.6. The SMILES string of the molecule is CCc1nc2ccccc2n1[C@@H](C)C(=O)N1CCC2(CC1)NC(=O)c1ccccc1N2. The minimum absolute atomic E-state index is 0.0556. The Hall–Kier alpha value is -3.35. The van der Waals surface area contributed by atoms with Crippen LogP contribution in [0.1, 0.15) is 48.9 Å². The molecule has 160 valence electrons. The third kappa shape index (κ3) is 3.24. The Labute approximate surface area is 181 Å². The van der Waals surface area contributed by atoms with E-state index < -0.39 is 5.66 Å². The van der Waals surface area contributed by atoms with Gasteiger partial charge >= 0.3 is 0 Å². The first kappa shape index (κ1) is 19.6. The summed E-state index contributed by atoms with van der Waals surface area (Å²) in [5.74, 6) is 0.962. The standard InChI is InChI=1S/C24H27N5O2/c1-3-21-25-19-10-6-7-11-20(19)29(21)16(2)23(31)28-14-12-24(13-15-28)26-18-9-5-4-8-17(18)22(30)27-24/h4-11,16,26H,3,12-15H2,1-2H3,(H,27,30)/t16-/m0/s1. The number of likely N-dealkylation sites (tertiary alicyclic amines) is 1. The van der Waals surface area contributed by atoms with Gasteiger partial charge in [0, 0.05) is 38.0 Å². The molecule has 1 spiro atoms. The number of carbonyl (C=O) groups excluding carboxylic acids is 2. The van der Waals surface area contributed by atoms with Gasteiger partial charge in [-0.1, -0.05) is 31.2 Å². The van der Waals surface area contributed by atoms with Crippen LogP contribution in [0.25, 0.3) is 11.0 Å². The molecule has 1 atom stereocenters. The van der Waals surface area contributed by atoms with Crippen LogP contribution in [0.4, 0.5) is 5.69 Å². The highest BCUT2D eigenvalue weighted by molar-refractivity contribution is 6.02. The van der Waals surface area contributed by atoms with E-state index in [1.807, 2.05) is 60.4 Å². The maximum absolute atomic E-state index is 13.4. The number of imidazole rings is 1. The van der Waals surface area contributed by atoms with Crippen molar-refractivity contribution < 1.29 is 9.59 Å². The van der Waals surface area contributed by atoms with E-state index in [1.165, 1.54) is 0 Å². The molecule has 31 heavy (non-hydrogen) atoms. The van der Waals surface area contributed by atoms with Gasteiger partial charge in [0.2, 0.25) is 5.91 Å². The molecule has 0 aliphatic carbocycles. The number of carbonyl (C=O) groups is 2. The number of hydrogen-bond acceptors (Lipinski definition) is 4. The lowest BCUT2D eigenvalue weighted by molar-refractivity contribution is -0.135. The topological polar surface area (TPSA) is 79.3 Å². The van der Waals surface area contributed by atoms with Gasteiger partial charge in [-0.05, 0) is 31.2 Å². The number of nitrogens with zero attached hydrogens (tertiary/aromatic N) is 3. The molecule has 0 bridgehead atoms. The lowest BCUT2D eigenvalue weighted by atomic mass is 9.92. The summed E-state index contributed by atoms with van der Waals surface area (Å²) in [7, 11) is 0. The van der Waals surface area contributed by atoms with E-state index in [4.69, 9.17) is 4.98 Å². The number of nitrogens with one attached hydrogen (secondary N) is 2. The molecule has 1 fully saturated rings. The van der Waals surface area contributed by atoms with Crippen molar-refractivity contribution in [2.75, 3.05) is 18.4 Å². The van der Waals surface area contributed by atoms with Crippen LogP contribution in [-0.4, -0.2) is 45.0 Å². The minimum Gasteiger partial charge on any atom is -0.362 e. The van der Waals surface area contributed by atoms with E-state index in [0.29, 0.717) is 31.5 Å². The zero-order chi connectivity index (χ0) is 21.6. The van der Waals surface area contributed by atoms with Gasteiger partial charge in [-0.25, -0.2) is 4.98 Å². The first-order valence-electron chi connectivity index (χ1n) is 11.0. The molecule has 1 aromatic heterocycles. The Balaban J connectivity index is 1.34. The fourth-order valence-electron chi connectivity index (χ4n) is 4.87.